The van der Waals surface area contributed by atoms with Crippen molar-refractivity contribution in [3.63, 3.8) is 0 Å². The number of Topliss-reactive ketones (excluding diaryl/α,β-unsaturated/α-hetero) is 1. The second-order valence-corrected chi connectivity index (χ2v) is 14.0. The van der Waals surface area contributed by atoms with Crippen molar-refractivity contribution in [2.24, 2.45) is 46.3 Å². The first-order chi connectivity index (χ1) is 16.8. The molecule has 3 aliphatic heterocycles. The number of esters is 1. The average molecular weight is 505 g/mol. The third kappa shape index (κ3) is 2.34. The fourth-order valence-corrected chi connectivity index (χ4v) is 10.9. The van der Waals surface area contributed by atoms with Gasteiger partial charge in [0.25, 0.3) is 0 Å². The Morgan fingerprint density at radius 2 is 1.69 bits per heavy atom. The molecule has 8 heteroatoms. The highest BCUT2D eigenvalue weighted by Crippen LogP contribution is 2.75. The first kappa shape index (κ1) is 24.0. The Hall–Kier alpha value is -1.06. The summed E-state index contributed by atoms with van der Waals surface area (Å²) in [5.41, 5.74) is -3.26. The van der Waals surface area contributed by atoms with Crippen LogP contribution in [0, 0.1) is 46.3 Å². The molecule has 4 saturated carbocycles. The molecular weight excluding hydrogens is 464 g/mol. The van der Waals surface area contributed by atoms with Gasteiger partial charge in [-0.15, -0.1) is 0 Å². The van der Waals surface area contributed by atoms with Crippen molar-refractivity contribution in [1.29, 1.82) is 0 Å². The van der Waals surface area contributed by atoms with Crippen LogP contribution in [0.2, 0.25) is 0 Å². The van der Waals surface area contributed by atoms with Crippen LogP contribution in [0.15, 0.2) is 0 Å². The van der Waals surface area contributed by atoms with Gasteiger partial charge in [0.05, 0.1) is 29.6 Å². The smallest absolute Gasteiger partial charge is 0.311 e. The minimum Gasteiger partial charge on any atom is -0.429 e. The predicted molar refractivity (Wildman–Crippen MR) is 125 cm³/mol. The van der Waals surface area contributed by atoms with Gasteiger partial charge in [-0.25, -0.2) is 0 Å². The Balaban J connectivity index is 1.27. The predicted octanol–water partition coefficient (Wildman–Crippen LogP) is 1.96. The summed E-state index contributed by atoms with van der Waals surface area (Å²) in [5, 5.41) is 34.5. The van der Waals surface area contributed by atoms with Crippen molar-refractivity contribution >= 4 is 11.8 Å². The maximum absolute atomic E-state index is 13.5. The maximum atomic E-state index is 13.5. The lowest BCUT2D eigenvalue weighted by molar-refractivity contribution is -0.368. The van der Waals surface area contributed by atoms with E-state index < -0.39 is 52.4 Å². The molecule has 4 aliphatic carbocycles. The summed E-state index contributed by atoms with van der Waals surface area (Å²) in [6.45, 7) is 9.55. The molecular formula is C28H40O8. The molecule has 15 atom stereocenters. The van der Waals surface area contributed by atoms with E-state index in [-0.39, 0.29) is 47.1 Å². The van der Waals surface area contributed by atoms with Gasteiger partial charge in [-0.2, -0.15) is 0 Å². The SMILES string of the molecule is C[C@@H]1[C@@H](C)C(=O)O[C@@]12O[C@H]1C[C@H]3[C@@H]4C[C@H]5O[C@]56[C@@H](O)CCC(=O)[C@]6(C)[C@H]4CC[C@]3(C)[C@@H]1[C@@](C)(O)[C@@H]2O. The second-order valence-electron chi connectivity index (χ2n) is 14.0. The number of carbonyl (C=O) groups is 2. The molecule has 0 unspecified atom stereocenters. The quantitative estimate of drug-likeness (QED) is 0.338. The van der Waals surface area contributed by atoms with Gasteiger partial charge < -0.3 is 29.5 Å². The molecule has 0 amide bonds. The Morgan fingerprint density at radius 1 is 0.972 bits per heavy atom. The van der Waals surface area contributed by atoms with E-state index in [1.165, 1.54) is 0 Å². The number of aliphatic hydroxyl groups excluding tert-OH is 2. The van der Waals surface area contributed by atoms with Crippen LogP contribution in [0.3, 0.4) is 0 Å². The highest BCUT2D eigenvalue weighted by Gasteiger charge is 2.82. The molecule has 3 heterocycles. The van der Waals surface area contributed by atoms with E-state index in [2.05, 4.69) is 6.92 Å². The Bertz CT molecular complexity index is 1040. The normalized spacial score (nSPS) is 65.2. The van der Waals surface area contributed by atoms with Crippen molar-refractivity contribution in [3.05, 3.63) is 0 Å². The summed E-state index contributed by atoms with van der Waals surface area (Å²) < 4.78 is 18.6. The molecule has 200 valence electrons. The Kier molecular flexibility index (Phi) is 4.49. The molecule has 3 saturated heterocycles. The van der Waals surface area contributed by atoms with Crippen LogP contribution in [0.1, 0.15) is 73.1 Å². The fraction of sp³-hybridized carbons (Fsp3) is 0.929. The van der Waals surface area contributed by atoms with E-state index in [1.807, 2.05) is 13.8 Å². The highest BCUT2D eigenvalue weighted by atomic mass is 16.7. The van der Waals surface area contributed by atoms with Crippen LogP contribution in [0.4, 0.5) is 0 Å². The molecule has 3 N–H and O–H groups in total. The number of aliphatic hydroxyl groups is 3. The van der Waals surface area contributed by atoms with Crippen molar-refractivity contribution < 1.29 is 39.1 Å². The number of rotatable bonds is 0. The third-order valence-corrected chi connectivity index (χ3v) is 12.9. The van der Waals surface area contributed by atoms with Gasteiger partial charge in [-0.05, 0) is 69.1 Å². The first-order valence-corrected chi connectivity index (χ1v) is 14.0. The van der Waals surface area contributed by atoms with Crippen molar-refractivity contribution in [2.45, 2.75) is 115 Å². The lowest BCUT2D eigenvalue weighted by Gasteiger charge is -2.60. The molecule has 36 heavy (non-hydrogen) atoms. The van der Waals surface area contributed by atoms with Gasteiger partial charge in [0, 0.05) is 18.3 Å². The fourth-order valence-electron chi connectivity index (χ4n) is 10.9. The molecule has 2 spiro atoms. The van der Waals surface area contributed by atoms with Crippen LogP contribution in [-0.4, -0.2) is 68.5 Å². The van der Waals surface area contributed by atoms with Crippen LogP contribution in [0.25, 0.3) is 0 Å². The topological polar surface area (TPSA) is 126 Å². The number of carbonyl (C=O) groups excluding carboxylic acids is 2. The summed E-state index contributed by atoms with van der Waals surface area (Å²) in [6.07, 6.45) is 1.48. The number of ketones is 1. The molecule has 7 fully saturated rings. The lowest BCUT2D eigenvalue weighted by atomic mass is 9.43. The number of hydrogen-bond acceptors (Lipinski definition) is 8. The number of fused-ring (bicyclic) bond motifs is 6. The minimum atomic E-state index is -1.55. The van der Waals surface area contributed by atoms with Crippen LogP contribution < -0.4 is 0 Å². The zero-order valence-electron chi connectivity index (χ0n) is 21.9. The molecule has 0 bridgehead atoms. The molecule has 8 nitrogen and oxygen atoms in total. The van der Waals surface area contributed by atoms with Crippen LogP contribution in [0.5, 0.6) is 0 Å². The maximum Gasteiger partial charge on any atom is 0.311 e. The van der Waals surface area contributed by atoms with Gasteiger partial charge in [0.2, 0.25) is 5.79 Å². The van der Waals surface area contributed by atoms with E-state index in [4.69, 9.17) is 14.2 Å². The van der Waals surface area contributed by atoms with Crippen molar-refractivity contribution in [2.75, 3.05) is 0 Å². The van der Waals surface area contributed by atoms with E-state index in [1.54, 1.807) is 13.8 Å². The van der Waals surface area contributed by atoms with Gasteiger partial charge in [0.1, 0.15) is 23.1 Å². The van der Waals surface area contributed by atoms with Crippen molar-refractivity contribution in [1.82, 2.24) is 0 Å². The standard InChI is InChI=1S/C28H40O8/c1-12-13(2)28(36-22(12)31)23(32)26(5,33)21-17(34-28)11-16-14-10-20-27(35-20)19(30)7-6-18(29)25(27,4)15(14)8-9-24(16,21)3/h12-17,19-21,23,30,32-33H,6-11H2,1-5H3/t12-,13-,14-,15+,16+,17+,19+,20-,21-,23+,24+,25+,26-,27-,28+/m1/s1. The largest absolute Gasteiger partial charge is 0.429 e. The van der Waals surface area contributed by atoms with E-state index in [0.717, 1.165) is 19.3 Å². The van der Waals surface area contributed by atoms with E-state index in [9.17, 15) is 24.9 Å². The monoisotopic (exact) mass is 504 g/mol. The number of hydrogen-bond donors (Lipinski definition) is 3. The second kappa shape index (κ2) is 6.74. The van der Waals surface area contributed by atoms with Crippen LogP contribution in [-0.2, 0) is 23.8 Å². The third-order valence-electron chi connectivity index (χ3n) is 12.9. The Labute approximate surface area is 212 Å². The van der Waals surface area contributed by atoms with E-state index in [0.29, 0.717) is 19.3 Å². The summed E-state index contributed by atoms with van der Waals surface area (Å²) in [6, 6.07) is 0. The van der Waals surface area contributed by atoms with Crippen LogP contribution >= 0.6 is 0 Å². The average Bonchev–Trinajstić information content (AvgIpc) is 3.42. The minimum absolute atomic E-state index is 0.101. The van der Waals surface area contributed by atoms with Crippen molar-refractivity contribution in [3.8, 4) is 0 Å². The van der Waals surface area contributed by atoms with Gasteiger partial charge in [0.15, 0.2) is 0 Å². The molecule has 0 radical (unpaired) electrons. The first-order valence-electron chi connectivity index (χ1n) is 14.0. The molecule has 0 aromatic carbocycles. The summed E-state index contributed by atoms with van der Waals surface area (Å²) in [5.74, 6) is -2.45. The molecule has 0 aromatic rings. The molecule has 7 rings (SSSR count). The highest BCUT2D eigenvalue weighted by molar-refractivity contribution is 5.88. The summed E-state index contributed by atoms with van der Waals surface area (Å²) in [4.78, 5) is 26.0. The Morgan fingerprint density at radius 3 is 2.36 bits per heavy atom. The summed E-state index contributed by atoms with van der Waals surface area (Å²) in [7, 11) is 0. The summed E-state index contributed by atoms with van der Waals surface area (Å²) >= 11 is 0. The number of epoxide rings is 1. The van der Waals surface area contributed by atoms with Gasteiger partial charge >= 0.3 is 5.97 Å². The molecule has 0 aromatic heterocycles. The number of ether oxygens (including phenoxy) is 3. The zero-order chi connectivity index (χ0) is 25.8. The zero-order valence-corrected chi connectivity index (χ0v) is 21.9. The van der Waals surface area contributed by atoms with Gasteiger partial charge in [-0.1, -0.05) is 20.8 Å². The van der Waals surface area contributed by atoms with E-state index >= 15 is 0 Å². The van der Waals surface area contributed by atoms with Gasteiger partial charge in [-0.3, -0.25) is 9.59 Å². The lowest BCUT2D eigenvalue weighted by Crippen LogP contribution is -2.71. The molecule has 7 aliphatic rings.